The summed E-state index contributed by atoms with van der Waals surface area (Å²) in [5, 5.41) is 7.26. The molecule has 126 valence electrons. The summed E-state index contributed by atoms with van der Waals surface area (Å²) in [6, 6.07) is 4.46. The smallest absolute Gasteiger partial charge is 0.264 e. The zero-order valence-corrected chi connectivity index (χ0v) is 13.8. The number of ether oxygens (including phenoxy) is 1. The number of aromatic nitrogens is 2. The van der Waals surface area contributed by atoms with Crippen LogP contribution in [0.5, 0.6) is 5.75 Å². The van der Waals surface area contributed by atoms with Gasteiger partial charge in [0.25, 0.3) is 5.91 Å². The van der Waals surface area contributed by atoms with E-state index < -0.39 is 6.10 Å². The molecule has 1 aromatic carbocycles. The number of halogens is 1. The summed E-state index contributed by atoms with van der Waals surface area (Å²) in [5.74, 6) is 0.296. The van der Waals surface area contributed by atoms with Crippen molar-refractivity contribution in [3.63, 3.8) is 0 Å². The van der Waals surface area contributed by atoms with Crippen LogP contribution in [0.3, 0.4) is 0 Å². The van der Waals surface area contributed by atoms with Crippen LogP contribution in [0.15, 0.2) is 18.2 Å². The van der Waals surface area contributed by atoms with Crippen molar-refractivity contribution in [3.05, 3.63) is 46.5 Å². The quantitative estimate of drug-likeness (QED) is 0.922. The van der Waals surface area contributed by atoms with E-state index in [9.17, 15) is 9.18 Å². The van der Waals surface area contributed by atoms with Crippen LogP contribution >= 0.6 is 0 Å². The molecule has 0 saturated carbocycles. The Kier molecular flexibility index (Phi) is 3.55. The SMILES string of the molecule is Cc1n[nH]c(C)c1[C@@H]1CCCN1C(=O)[C@@H]1Cc2cc(F)ccc2O1. The lowest BCUT2D eigenvalue weighted by Gasteiger charge is -2.27. The fourth-order valence-corrected chi connectivity index (χ4v) is 3.92. The molecule has 3 heterocycles. The van der Waals surface area contributed by atoms with Crippen LogP contribution in [0, 0.1) is 19.7 Å². The number of H-pyrrole nitrogens is 1. The Balaban J connectivity index is 1.57. The molecule has 0 aliphatic carbocycles. The molecule has 2 aliphatic heterocycles. The molecule has 1 saturated heterocycles. The summed E-state index contributed by atoms with van der Waals surface area (Å²) in [5.41, 5.74) is 3.83. The molecule has 6 heteroatoms. The number of carbonyl (C=O) groups excluding carboxylic acids is 1. The summed E-state index contributed by atoms with van der Waals surface area (Å²) >= 11 is 0. The van der Waals surface area contributed by atoms with Gasteiger partial charge in [0, 0.05) is 29.8 Å². The van der Waals surface area contributed by atoms with Gasteiger partial charge in [-0.15, -0.1) is 0 Å². The number of aryl methyl sites for hydroxylation is 2. The maximum absolute atomic E-state index is 13.4. The zero-order chi connectivity index (χ0) is 16.8. The third kappa shape index (κ3) is 2.37. The van der Waals surface area contributed by atoms with Crippen LogP contribution in [0.2, 0.25) is 0 Å². The number of rotatable bonds is 2. The average Bonchev–Trinajstić information content (AvgIpc) is 3.25. The lowest BCUT2D eigenvalue weighted by Crippen LogP contribution is -2.41. The first kappa shape index (κ1) is 15.2. The highest BCUT2D eigenvalue weighted by Crippen LogP contribution is 2.37. The van der Waals surface area contributed by atoms with Crippen molar-refractivity contribution in [2.45, 2.75) is 45.3 Å². The monoisotopic (exact) mass is 329 g/mol. The molecular weight excluding hydrogens is 309 g/mol. The topological polar surface area (TPSA) is 58.2 Å². The highest BCUT2D eigenvalue weighted by molar-refractivity contribution is 5.83. The highest BCUT2D eigenvalue weighted by atomic mass is 19.1. The molecule has 1 fully saturated rings. The minimum atomic E-state index is -0.560. The Bertz CT molecular complexity index is 782. The molecule has 0 spiro atoms. The van der Waals surface area contributed by atoms with Crippen LogP contribution in [0.1, 0.15) is 41.4 Å². The first-order chi connectivity index (χ1) is 11.5. The second-order valence-electron chi connectivity index (χ2n) is 6.60. The Labute approximate surface area is 139 Å². The number of carbonyl (C=O) groups is 1. The molecule has 1 amide bonds. The van der Waals surface area contributed by atoms with E-state index >= 15 is 0 Å². The van der Waals surface area contributed by atoms with Gasteiger partial charge < -0.3 is 9.64 Å². The van der Waals surface area contributed by atoms with Gasteiger partial charge in [-0.3, -0.25) is 9.89 Å². The third-order valence-electron chi connectivity index (χ3n) is 5.03. The van der Waals surface area contributed by atoms with Crippen molar-refractivity contribution in [1.29, 1.82) is 0 Å². The summed E-state index contributed by atoms with van der Waals surface area (Å²) in [7, 11) is 0. The number of fused-ring (bicyclic) bond motifs is 1. The largest absolute Gasteiger partial charge is 0.480 e. The standard InChI is InChI=1S/C18H20FN3O2/c1-10-17(11(2)21-20-10)14-4-3-7-22(14)18(23)16-9-12-8-13(19)5-6-15(12)24-16/h5-6,8,14,16H,3-4,7,9H2,1-2H3,(H,20,21)/t14-,16-/m0/s1. The second-order valence-corrected chi connectivity index (χ2v) is 6.60. The van der Waals surface area contributed by atoms with Gasteiger partial charge >= 0.3 is 0 Å². The van der Waals surface area contributed by atoms with Crippen LogP contribution in [-0.2, 0) is 11.2 Å². The van der Waals surface area contributed by atoms with Crippen LogP contribution < -0.4 is 4.74 Å². The molecule has 24 heavy (non-hydrogen) atoms. The lowest BCUT2D eigenvalue weighted by atomic mass is 10.0. The minimum absolute atomic E-state index is 0.0193. The van der Waals surface area contributed by atoms with Gasteiger partial charge in [0.2, 0.25) is 0 Å². The first-order valence-electron chi connectivity index (χ1n) is 8.31. The van der Waals surface area contributed by atoms with Crippen LogP contribution in [0.25, 0.3) is 0 Å². The van der Waals surface area contributed by atoms with Crippen LogP contribution in [-0.4, -0.2) is 33.7 Å². The maximum atomic E-state index is 13.4. The zero-order valence-electron chi connectivity index (χ0n) is 13.8. The van der Waals surface area contributed by atoms with Gasteiger partial charge in [-0.25, -0.2) is 4.39 Å². The number of aromatic amines is 1. The van der Waals surface area contributed by atoms with Crippen molar-refractivity contribution < 1.29 is 13.9 Å². The number of hydrogen-bond acceptors (Lipinski definition) is 3. The predicted molar refractivity (Wildman–Crippen MR) is 86.3 cm³/mol. The van der Waals surface area contributed by atoms with Crippen molar-refractivity contribution in [1.82, 2.24) is 15.1 Å². The van der Waals surface area contributed by atoms with E-state index in [0.29, 0.717) is 12.2 Å². The fraction of sp³-hybridized carbons (Fsp3) is 0.444. The van der Waals surface area contributed by atoms with E-state index in [1.54, 1.807) is 6.07 Å². The average molecular weight is 329 g/mol. The van der Waals surface area contributed by atoms with E-state index in [1.165, 1.54) is 12.1 Å². The van der Waals surface area contributed by atoms with Crippen molar-refractivity contribution in [3.8, 4) is 5.75 Å². The molecule has 0 unspecified atom stereocenters. The third-order valence-corrected chi connectivity index (χ3v) is 5.03. The summed E-state index contributed by atoms with van der Waals surface area (Å²) in [4.78, 5) is 14.9. The minimum Gasteiger partial charge on any atom is -0.480 e. The molecule has 1 aromatic heterocycles. The van der Waals surface area contributed by atoms with Crippen molar-refractivity contribution >= 4 is 5.91 Å². The van der Waals surface area contributed by atoms with E-state index in [2.05, 4.69) is 10.2 Å². The van der Waals surface area contributed by atoms with Crippen LogP contribution in [0.4, 0.5) is 4.39 Å². The van der Waals surface area contributed by atoms with Gasteiger partial charge in [-0.05, 0) is 44.9 Å². The molecule has 2 aliphatic rings. The normalized spacial score (nSPS) is 22.5. The van der Waals surface area contributed by atoms with Gasteiger partial charge in [0.05, 0.1) is 11.7 Å². The van der Waals surface area contributed by atoms with Gasteiger partial charge in [-0.1, -0.05) is 0 Å². The Morgan fingerprint density at radius 3 is 3.00 bits per heavy atom. The molecular formula is C18H20FN3O2. The van der Waals surface area contributed by atoms with E-state index in [4.69, 9.17) is 4.74 Å². The highest BCUT2D eigenvalue weighted by Gasteiger charge is 2.39. The summed E-state index contributed by atoms with van der Waals surface area (Å²) in [6.45, 7) is 4.67. The Morgan fingerprint density at radius 1 is 1.42 bits per heavy atom. The molecule has 1 N–H and O–H groups in total. The molecule has 0 radical (unpaired) electrons. The Hall–Kier alpha value is -2.37. The lowest BCUT2D eigenvalue weighted by molar-refractivity contribution is -0.138. The number of hydrogen-bond donors (Lipinski definition) is 1. The van der Waals surface area contributed by atoms with Gasteiger partial charge in [-0.2, -0.15) is 5.10 Å². The number of nitrogens with zero attached hydrogens (tertiary/aromatic N) is 2. The van der Waals surface area contributed by atoms with E-state index in [0.717, 1.165) is 41.9 Å². The van der Waals surface area contributed by atoms with Crippen molar-refractivity contribution in [2.24, 2.45) is 0 Å². The number of amides is 1. The molecule has 2 aromatic rings. The number of likely N-dealkylation sites (tertiary alicyclic amines) is 1. The molecule has 4 rings (SSSR count). The fourth-order valence-electron chi connectivity index (χ4n) is 3.92. The second kappa shape index (κ2) is 5.61. The van der Waals surface area contributed by atoms with E-state index in [1.807, 2.05) is 18.7 Å². The van der Waals surface area contributed by atoms with Gasteiger partial charge in [0.15, 0.2) is 6.10 Å². The Morgan fingerprint density at radius 2 is 2.25 bits per heavy atom. The van der Waals surface area contributed by atoms with Gasteiger partial charge in [0.1, 0.15) is 11.6 Å². The number of benzene rings is 1. The predicted octanol–water partition coefficient (Wildman–Crippen LogP) is 2.83. The first-order valence-corrected chi connectivity index (χ1v) is 8.31. The maximum Gasteiger partial charge on any atom is 0.264 e. The summed E-state index contributed by atoms with van der Waals surface area (Å²) < 4.78 is 19.1. The van der Waals surface area contributed by atoms with Crippen molar-refractivity contribution in [2.75, 3.05) is 6.54 Å². The summed E-state index contributed by atoms with van der Waals surface area (Å²) in [6.07, 6.45) is 1.77. The molecule has 5 nitrogen and oxygen atoms in total. The molecule has 0 bridgehead atoms. The van der Waals surface area contributed by atoms with E-state index in [-0.39, 0.29) is 17.8 Å². The molecule has 2 atom stereocenters. The number of nitrogens with one attached hydrogen (secondary N) is 1.